The Morgan fingerprint density at radius 1 is 1.33 bits per heavy atom. The lowest BCUT2D eigenvalue weighted by Gasteiger charge is -2.23. The van der Waals surface area contributed by atoms with Crippen molar-refractivity contribution in [3.63, 3.8) is 0 Å². The molecule has 0 bridgehead atoms. The van der Waals surface area contributed by atoms with E-state index in [1.807, 2.05) is 24.3 Å². The monoisotopic (exact) mass is 342 g/mol. The van der Waals surface area contributed by atoms with Crippen LogP contribution in [-0.4, -0.2) is 16.0 Å². The second-order valence-corrected chi connectivity index (χ2v) is 6.57. The number of nitriles is 1. The van der Waals surface area contributed by atoms with Crippen LogP contribution in [0.3, 0.4) is 0 Å². The molecule has 1 aromatic carbocycles. The van der Waals surface area contributed by atoms with Gasteiger partial charge in [0, 0.05) is 17.5 Å². The van der Waals surface area contributed by atoms with Crippen molar-refractivity contribution in [1.82, 2.24) is 9.97 Å². The van der Waals surface area contributed by atoms with Crippen LogP contribution in [-0.2, 0) is 6.42 Å². The van der Waals surface area contributed by atoms with E-state index < -0.39 is 5.56 Å². The van der Waals surface area contributed by atoms with Crippen molar-refractivity contribution in [3.8, 4) is 6.07 Å². The van der Waals surface area contributed by atoms with Crippen LogP contribution in [0.1, 0.15) is 49.1 Å². The van der Waals surface area contributed by atoms with Crippen molar-refractivity contribution >= 4 is 17.4 Å². The van der Waals surface area contributed by atoms with E-state index in [2.05, 4.69) is 15.3 Å². The predicted molar refractivity (Wildman–Crippen MR) is 94.3 cm³/mol. The van der Waals surface area contributed by atoms with Gasteiger partial charge in [0.2, 0.25) is 0 Å². The lowest BCUT2D eigenvalue weighted by Crippen LogP contribution is -2.26. The summed E-state index contributed by atoms with van der Waals surface area (Å²) in [5.74, 6) is 0.921. The summed E-state index contributed by atoms with van der Waals surface area (Å²) in [6.45, 7) is 0. The zero-order valence-corrected chi connectivity index (χ0v) is 14.1. The zero-order valence-electron chi connectivity index (χ0n) is 13.3. The summed E-state index contributed by atoms with van der Waals surface area (Å²) >= 11 is 6.00. The topological polar surface area (TPSA) is 81.6 Å². The van der Waals surface area contributed by atoms with Crippen molar-refractivity contribution in [2.45, 2.75) is 44.6 Å². The van der Waals surface area contributed by atoms with E-state index in [4.69, 9.17) is 11.6 Å². The standard InChI is InChI=1S/C18H19ClN4O/c19-13-6-4-5-12(9-13)10-16-22-17(15(11-20)18(24)23-16)21-14-7-2-1-3-8-14/h4-6,9,14H,1-3,7-8,10H2,(H2,21,22,23,24). The maximum atomic E-state index is 12.2. The van der Waals surface area contributed by atoms with Gasteiger partial charge in [-0.25, -0.2) is 4.98 Å². The zero-order chi connectivity index (χ0) is 16.9. The number of rotatable bonds is 4. The molecule has 0 unspecified atom stereocenters. The molecule has 0 atom stereocenters. The van der Waals surface area contributed by atoms with E-state index in [1.165, 1.54) is 6.42 Å². The number of hydrogen-bond donors (Lipinski definition) is 2. The van der Waals surface area contributed by atoms with Crippen molar-refractivity contribution in [2.75, 3.05) is 5.32 Å². The van der Waals surface area contributed by atoms with E-state index in [0.717, 1.165) is 31.2 Å². The molecule has 0 amide bonds. The highest BCUT2D eigenvalue weighted by Gasteiger charge is 2.18. The summed E-state index contributed by atoms with van der Waals surface area (Å²) in [6.07, 6.45) is 6.12. The number of nitrogens with one attached hydrogen (secondary N) is 2. The number of aromatic nitrogens is 2. The van der Waals surface area contributed by atoms with Crippen LogP contribution in [0.4, 0.5) is 5.82 Å². The average Bonchev–Trinajstić information content (AvgIpc) is 2.56. The molecular weight excluding hydrogens is 324 g/mol. The molecule has 3 rings (SSSR count). The summed E-state index contributed by atoms with van der Waals surface area (Å²) in [5, 5.41) is 13.2. The van der Waals surface area contributed by atoms with Gasteiger partial charge in [-0.1, -0.05) is 43.0 Å². The molecule has 0 saturated heterocycles. The Morgan fingerprint density at radius 3 is 2.83 bits per heavy atom. The lowest BCUT2D eigenvalue weighted by atomic mass is 9.95. The Labute approximate surface area is 145 Å². The van der Waals surface area contributed by atoms with Crippen LogP contribution in [0, 0.1) is 11.3 Å². The van der Waals surface area contributed by atoms with Crippen molar-refractivity contribution in [1.29, 1.82) is 5.26 Å². The maximum absolute atomic E-state index is 12.2. The number of halogens is 1. The van der Waals surface area contributed by atoms with Crippen LogP contribution in [0.15, 0.2) is 29.1 Å². The molecule has 0 radical (unpaired) electrons. The molecule has 6 heteroatoms. The molecule has 1 saturated carbocycles. The SMILES string of the molecule is N#Cc1c(NC2CCCCC2)nc(Cc2cccc(Cl)c2)[nH]c1=O. The van der Waals surface area contributed by atoms with Crippen LogP contribution in [0.25, 0.3) is 0 Å². The lowest BCUT2D eigenvalue weighted by molar-refractivity contribution is 0.461. The quantitative estimate of drug-likeness (QED) is 0.888. The van der Waals surface area contributed by atoms with Gasteiger partial charge in [-0.15, -0.1) is 0 Å². The van der Waals surface area contributed by atoms with E-state index in [9.17, 15) is 10.1 Å². The predicted octanol–water partition coefficient (Wildman–Crippen LogP) is 3.63. The minimum atomic E-state index is -0.400. The molecule has 1 aromatic heterocycles. The van der Waals surface area contributed by atoms with Gasteiger partial charge >= 0.3 is 0 Å². The molecule has 0 aliphatic heterocycles. The molecule has 1 fully saturated rings. The number of benzene rings is 1. The van der Waals surface area contributed by atoms with Crippen molar-refractivity contribution < 1.29 is 0 Å². The molecule has 5 nitrogen and oxygen atoms in total. The van der Waals surface area contributed by atoms with Crippen LogP contribution in [0.2, 0.25) is 5.02 Å². The van der Waals surface area contributed by atoms with Crippen LogP contribution < -0.4 is 10.9 Å². The highest BCUT2D eigenvalue weighted by atomic mass is 35.5. The summed E-state index contributed by atoms with van der Waals surface area (Å²) < 4.78 is 0. The first-order valence-electron chi connectivity index (χ1n) is 8.20. The Balaban J connectivity index is 1.88. The Kier molecular flexibility index (Phi) is 5.17. The van der Waals surface area contributed by atoms with Gasteiger partial charge in [0.15, 0.2) is 11.4 Å². The van der Waals surface area contributed by atoms with Crippen LogP contribution >= 0.6 is 11.6 Å². The van der Waals surface area contributed by atoms with Gasteiger partial charge < -0.3 is 10.3 Å². The van der Waals surface area contributed by atoms with Crippen LogP contribution in [0.5, 0.6) is 0 Å². The third-order valence-electron chi connectivity index (χ3n) is 4.29. The number of hydrogen-bond acceptors (Lipinski definition) is 4. The third-order valence-corrected chi connectivity index (χ3v) is 4.52. The molecule has 2 aromatic rings. The van der Waals surface area contributed by atoms with Gasteiger partial charge in [0.1, 0.15) is 11.9 Å². The fraction of sp³-hybridized carbons (Fsp3) is 0.389. The van der Waals surface area contributed by atoms with Crippen molar-refractivity contribution in [2.24, 2.45) is 0 Å². The molecule has 2 N–H and O–H groups in total. The summed E-state index contributed by atoms with van der Waals surface area (Å²) in [4.78, 5) is 19.4. The first-order valence-corrected chi connectivity index (χ1v) is 8.58. The summed E-state index contributed by atoms with van der Waals surface area (Å²) in [6, 6.07) is 9.67. The van der Waals surface area contributed by atoms with E-state index in [-0.39, 0.29) is 11.6 Å². The van der Waals surface area contributed by atoms with Gasteiger partial charge in [0.25, 0.3) is 5.56 Å². The molecule has 1 aliphatic carbocycles. The maximum Gasteiger partial charge on any atom is 0.271 e. The second kappa shape index (κ2) is 7.50. The first kappa shape index (κ1) is 16.5. The normalized spacial score (nSPS) is 15.0. The fourth-order valence-electron chi connectivity index (χ4n) is 3.09. The second-order valence-electron chi connectivity index (χ2n) is 6.13. The highest BCUT2D eigenvalue weighted by Crippen LogP contribution is 2.22. The molecular formula is C18H19ClN4O. The molecule has 1 heterocycles. The molecule has 124 valence electrons. The minimum absolute atomic E-state index is 0.0513. The Hall–Kier alpha value is -2.32. The Morgan fingerprint density at radius 2 is 2.12 bits per heavy atom. The average molecular weight is 343 g/mol. The number of aromatic amines is 1. The number of nitrogens with zero attached hydrogens (tertiary/aromatic N) is 2. The molecule has 1 aliphatic rings. The van der Waals surface area contributed by atoms with E-state index in [1.54, 1.807) is 6.07 Å². The smallest absolute Gasteiger partial charge is 0.271 e. The van der Waals surface area contributed by atoms with Gasteiger partial charge in [-0.3, -0.25) is 4.79 Å². The summed E-state index contributed by atoms with van der Waals surface area (Å²) in [7, 11) is 0. The first-order chi connectivity index (χ1) is 11.7. The Bertz CT molecular complexity index is 818. The van der Waals surface area contributed by atoms with E-state index in [0.29, 0.717) is 23.1 Å². The van der Waals surface area contributed by atoms with Gasteiger partial charge in [0.05, 0.1) is 0 Å². The minimum Gasteiger partial charge on any atom is -0.366 e. The number of anilines is 1. The summed E-state index contributed by atoms with van der Waals surface area (Å²) in [5.41, 5.74) is 0.609. The van der Waals surface area contributed by atoms with Gasteiger partial charge in [-0.2, -0.15) is 5.26 Å². The van der Waals surface area contributed by atoms with Crippen molar-refractivity contribution in [3.05, 3.63) is 56.6 Å². The molecule has 0 spiro atoms. The van der Waals surface area contributed by atoms with E-state index >= 15 is 0 Å². The number of H-pyrrole nitrogens is 1. The van der Waals surface area contributed by atoms with Gasteiger partial charge in [-0.05, 0) is 30.5 Å². The molecule has 24 heavy (non-hydrogen) atoms. The largest absolute Gasteiger partial charge is 0.366 e. The third kappa shape index (κ3) is 3.95. The fourth-order valence-corrected chi connectivity index (χ4v) is 3.31. The highest BCUT2D eigenvalue weighted by molar-refractivity contribution is 6.30.